The number of sulfonamides is 1. The van der Waals surface area contributed by atoms with Crippen molar-refractivity contribution in [1.29, 1.82) is 0 Å². The van der Waals surface area contributed by atoms with E-state index in [1.807, 2.05) is 0 Å². The number of hydrogen-bond donors (Lipinski definition) is 1. The SMILES string of the molecule is COC(=O)c1cnc(NC(=O)C2CCN(S(=O)(=O)c3cccnc3)CC2)s1. The first-order chi connectivity index (χ1) is 12.9. The van der Waals surface area contributed by atoms with E-state index in [1.54, 1.807) is 6.07 Å². The van der Waals surface area contributed by atoms with Crippen molar-refractivity contribution in [1.82, 2.24) is 14.3 Å². The summed E-state index contributed by atoms with van der Waals surface area (Å²) in [6, 6.07) is 3.08. The maximum absolute atomic E-state index is 12.6. The van der Waals surface area contributed by atoms with Crippen molar-refractivity contribution in [3.05, 3.63) is 35.6 Å². The fraction of sp³-hybridized carbons (Fsp3) is 0.375. The van der Waals surface area contributed by atoms with Crippen LogP contribution < -0.4 is 5.32 Å². The van der Waals surface area contributed by atoms with Crippen molar-refractivity contribution in [2.45, 2.75) is 17.7 Å². The Morgan fingerprint density at radius 1 is 1.30 bits per heavy atom. The van der Waals surface area contributed by atoms with E-state index in [0.29, 0.717) is 22.9 Å². The molecule has 0 bridgehead atoms. The number of anilines is 1. The van der Waals surface area contributed by atoms with Gasteiger partial charge >= 0.3 is 5.97 Å². The van der Waals surface area contributed by atoms with E-state index in [-0.39, 0.29) is 29.8 Å². The van der Waals surface area contributed by atoms with Crippen LogP contribution in [0.2, 0.25) is 0 Å². The Balaban J connectivity index is 1.58. The molecule has 1 N–H and O–H groups in total. The molecule has 3 rings (SSSR count). The van der Waals surface area contributed by atoms with Crippen LogP contribution in [0, 0.1) is 5.92 Å². The second kappa shape index (κ2) is 8.11. The molecule has 1 amide bonds. The van der Waals surface area contributed by atoms with Gasteiger partial charge in [-0.2, -0.15) is 4.31 Å². The lowest BCUT2D eigenvalue weighted by Gasteiger charge is -2.30. The number of nitrogens with zero attached hydrogens (tertiary/aromatic N) is 3. The van der Waals surface area contributed by atoms with E-state index in [9.17, 15) is 18.0 Å². The zero-order chi connectivity index (χ0) is 19.4. The third kappa shape index (κ3) is 4.31. The van der Waals surface area contributed by atoms with E-state index in [0.717, 1.165) is 11.3 Å². The predicted molar refractivity (Wildman–Crippen MR) is 97.8 cm³/mol. The second-order valence-electron chi connectivity index (χ2n) is 5.88. The Bertz CT molecular complexity index is 921. The van der Waals surface area contributed by atoms with E-state index < -0.39 is 16.0 Å². The number of amides is 1. The van der Waals surface area contributed by atoms with Crippen LogP contribution in [0.5, 0.6) is 0 Å². The molecule has 2 aromatic heterocycles. The highest BCUT2D eigenvalue weighted by molar-refractivity contribution is 7.89. The van der Waals surface area contributed by atoms with E-state index in [2.05, 4.69) is 20.0 Å². The smallest absolute Gasteiger partial charge is 0.349 e. The third-order valence-electron chi connectivity index (χ3n) is 4.22. The lowest BCUT2D eigenvalue weighted by Crippen LogP contribution is -2.41. The number of pyridine rings is 1. The topological polar surface area (TPSA) is 119 Å². The molecule has 1 aliphatic heterocycles. The summed E-state index contributed by atoms with van der Waals surface area (Å²) >= 11 is 1.03. The van der Waals surface area contributed by atoms with Crippen LogP contribution in [0.15, 0.2) is 35.6 Å². The lowest BCUT2D eigenvalue weighted by atomic mass is 9.97. The molecule has 1 saturated heterocycles. The van der Waals surface area contributed by atoms with Crippen LogP contribution >= 0.6 is 11.3 Å². The molecule has 27 heavy (non-hydrogen) atoms. The van der Waals surface area contributed by atoms with Gasteiger partial charge in [-0.15, -0.1) is 0 Å². The molecule has 0 aromatic carbocycles. The Kier molecular flexibility index (Phi) is 5.82. The number of aromatic nitrogens is 2. The molecular formula is C16H18N4O5S2. The van der Waals surface area contributed by atoms with Crippen molar-refractivity contribution < 1.29 is 22.7 Å². The summed E-state index contributed by atoms with van der Waals surface area (Å²) in [6.07, 6.45) is 4.98. The van der Waals surface area contributed by atoms with Gasteiger partial charge in [0.15, 0.2) is 5.13 Å². The summed E-state index contributed by atoms with van der Waals surface area (Å²) < 4.78 is 31.1. The summed E-state index contributed by atoms with van der Waals surface area (Å²) in [7, 11) is -2.33. The van der Waals surface area contributed by atoms with Crippen molar-refractivity contribution >= 4 is 38.4 Å². The van der Waals surface area contributed by atoms with Gasteiger partial charge in [-0.3, -0.25) is 9.78 Å². The highest BCUT2D eigenvalue weighted by atomic mass is 32.2. The van der Waals surface area contributed by atoms with Crippen molar-refractivity contribution in [2.75, 3.05) is 25.5 Å². The summed E-state index contributed by atoms with van der Waals surface area (Å²) in [5, 5.41) is 2.99. The fourth-order valence-electron chi connectivity index (χ4n) is 2.74. The zero-order valence-electron chi connectivity index (χ0n) is 14.5. The molecule has 9 nitrogen and oxygen atoms in total. The fourth-order valence-corrected chi connectivity index (χ4v) is 4.91. The highest BCUT2D eigenvalue weighted by Crippen LogP contribution is 2.25. The van der Waals surface area contributed by atoms with Gasteiger partial charge in [-0.1, -0.05) is 11.3 Å². The van der Waals surface area contributed by atoms with Crippen molar-refractivity contribution in [2.24, 2.45) is 5.92 Å². The van der Waals surface area contributed by atoms with Gasteiger partial charge in [-0.25, -0.2) is 18.2 Å². The summed E-state index contributed by atoms with van der Waals surface area (Å²) in [5.41, 5.74) is 0. The number of hydrogen-bond acceptors (Lipinski definition) is 8. The largest absolute Gasteiger partial charge is 0.465 e. The van der Waals surface area contributed by atoms with Crippen LogP contribution in [-0.4, -0.2) is 54.8 Å². The molecule has 2 aromatic rings. The Morgan fingerprint density at radius 2 is 2.04 bits per heavy atom. The van der Waals surface area contributed by atoms with Gasteiger partial charge in [-0.05, 0) is 25.0 Å². The average Bonchev–Trinajstić information content (AvgIpc) is 3.16. The number of carbonyl (C=O) groups excluding carboxylic acids is 2. The Hall–Kier alpha value is -2.37. The first-order valence-electron chi connectivity index (χ1n) is 8.17. The van der Waals surface area contributed by atoms with Gasteiger partial charge in [0.2, 0.25) is 15.9 Å². The third-order valence-corrected chi connectivity index (χ3v) is 6.99. The number of esters is 1. The number of methoxy groups -OCH3 is 1. The number of rotatable bonds is 5. The van der Waals surface area contributed by atoms with Crippen LogP contribution in [0.1, 0.15) is 22.5 Å². The van der Waals surface area contributed by atoms with Crippen LogP contribution in [-0.2, 0) is 19.6 Å². The van der Waals surface area contributed by atoms with Crippen LogP contribution in [0.25, 0.3) is 0 Å². The summed E-state index contributed by atoms with van der Waals surface area (Å²) in [5.74, 6) is -1.07. The normalized spacial score (nSPS) is 16.0. The lowest BCUT2D eigenvalue weighted by molar-refractivity contribution is -0.120. The molecule has 0 spiro atoms. The monoisotopic (exact) mass is 410 g/mol. The average molecular weight is 410 g/mol. The molecule has 1 aliphatic rings. The first-order valence-corrected chi connectivity index (χ1v) is 10.4. The molecule has 1 fully saturated rings. The molecule has 144 valence electrons. The van der Waals surface area contributed by atoms with Gasteiger partial charge in [0, 0.05) is 31.4 Å². The molecule has 0 radical (unpaired) electrons. The number of carbonyl (C=O) groups is 2. The molecule has 0 atom stereocenters. The second-order valence-corrected chi connectivity index (χ2v) is 8.85. The molecule has 3 heterocycles. The number of piperidine rings is 1. The highest BCUT2D eigenvalue weighted by Gasteiger charge is 2.32. The van der Waals surface area contributed by atoms with Crippen molar-refractivity contribution in [3.8, 4) is 0 Å². The predicted octanol–water partition coefficient (Wildman–Crippen LogP) is 1.36. The van der Waals surface area contributed by atoms with Crippen LogP contribution in [0.4, 0.5) is 5.13 Å². The maximum Gasteiger partial charge on any atom is 0.349 e. The maximum atomic E-state index is 12.6. The van der Waals surface area contributed by atoms with E-state index in [1.165, 1.54) is 36.1 Å². The minimum atomic E-state index is -3.60. The molecule has 0 saturated carbocycles. The summed E-state index contributed by atoms with van der Waals surface area (Å²) in [4.78, 5) is 32.1. The number of thiazole rings is 1. The quantitative estimate of drug-likeness (QED) is 0.739. The van der Waals surface area contributed by atoms with E-state index >= 15 is 0 Å². The Morgan fingerprint density at radius 3 is 2.67 bits per heavy atom. The number of ether oxygens (including phenoxy) is 1. The van der Waals surface area contributed by atoms with E-state index in [4.69, 9.17) is 0 Å². The van der Waals surface area contributed by atoms with Crippen molar-refractivity contribution in [3.63, 3.8) is 0 Å². The minimum Gasteiger partial charge on any atom is -0.465 e. The summed E-state index contributed by atoms with van der Waals surface area (Å²) in [6.45, 7) is 0.501. The number of nitrogens with one attached hydrogen (secondary N) is 1. The molecule has 0 unspecified atom stereocenters. The van der Waals surface area contributed by atoms with Gasteiger partial charge < -0.3 is 10.1 Å². The zero-order valence-corrected chi connectivity index (χ0v) is 16.1. The van der Waals surface area contributed by atoms with Gasteiger partial charge in [0.1, 0.15) is 9.77 Å². The van der Waals surface area contributed by atoms with Crippen LogP contribution in [0.3, 0.4) is 0 Å². The molecular weight excluding hydrogens is 392 g/mol. The molecule has 0 aliphatic carbocycles. The minimum absolute atomic E-state index is 0.144. The first kappa shape index (κ1) is 19.4. The van der Waals surface area contributed by atoms with Gasteiger partial charge in [0.25, 0.3) is 0 Å². The van der Waals surface area contributed by atoms with Gasteiger partial charge in [0.05, 0.1) is 13.3 Å². The molecule has 11 heteroatoms. The standard InChI is InChI=1S/C16H18N4O5S2/c1-25-15(22)13-10-18-16(26-13)19-14(21)11-4-7-20(8-5-11)27(23,24)12-3-2-6-17-9-12/h2-3,6,9-11H,4-5,7-8H2,1H3,(H,18,19,21). The Labute approximate surface area is 160 Å².